The third-order valence-electron chi connectivity index (χ3n) is 2.62. The molecule has 0 saturated carbocycles. The van der Waals surface area contributed by atoms with E-state index in [2.05, 4.69) is 32.6 Å². The van der Waals surface area contributed by atoms with Crippen molar-refractivity contribution >= 4 is 0 Å². The van der Waals surface area contributed by atoms with Gasteiger partial charge in [0.2, 0.25) is 0 Å². The molecule has 0 amide bonds. The van der Waals surface area contributed by atoms with E-state index < -0.39 is 0 Å². The third-order valence-corrected chi connectivity index (χ3v) is 2.62. The summed E-state index contributed by atoms with van der Waals surface area (Å²) in [7, 11) is 0. The van der Waals surface area contributed by atoms with Crippen molar-refractivity contribution in [2.45, 2.75) is 52.9 Å². The van der Waals surface area contributed by atoms with Gasteiger partial charge in [-0.05, 0) is 18.3 Å². The molecule has 1 atom stereocenters. The molecule has 1 rings (SSSR count). The molecule has 0 saturated heterocycles. The second kappa shape index (κ2) is 3.99. The lowest BCUT2D eigenvalue weighted by atomic mass is 9.77. The van der Waals surface area contributed by atoms with Gasteiger partial charge < -0.3 is 0 Å². The SMILES string of the molecule is CC(C)(C)C1C#CCCCCC1. The van der Waals surface area contributed by atoms with E-state index in [0.717, 1.165) is 6.42 Å². The Morgan fingerprint density at radius 3 is 2.50 bits per heavy atom. The van der Waals surface area contributed by atoms with Gasteiger partial charge in [0.15, 0.2) is 0 Å². The van der Waals surface area contributed by atoms with Crippen LogP contribution in [-0.4, -0.2) is 0 Å². The van der Waals surface area contributed by atoms with Crippen LogP contribution in [0.1, 0.15) is 52.9 Å². The first-order valence-corrected chi connectivity index (χ1v) is 5.09. The number of hydrogen-bond acceptors (Lipinski definition) is 0. The van der Waals surface area contributed by atoms with Gasteiger partial charge in [0.05, 0.1) is 0 Å². The Kier molecular flexibility index (Phi) is 3.20. The van der Waals surface area contributed by atoms with Crippen molar-refractivity contribution in [2.24, 2.45) is 11.3 Å². The van der Waals surface area contributed by atoms with Gasteiger partial charge in [0.1, 0.15) is 0 Å². The van der Waals surface area contributed by atoms with Crippen LogP contribution in [0.4, 0.5) is 0 Å². The van der Waals surface area contributed by atoms with Gasteiger partial charge >= 0.3 is 0 Å². The molecule has 0 N–H and O–H groups in total. The zero-order valence-corrected chi connectivity index (χ0v) is 8.61. The van der Waals surface area contributed by atoms with Crippen LogP contribution in [0.2, 0.25) is 0 Å². The second-order valence-corrected chi connectivity index (χ2v) is 4.84. The van der Waals surface area contributed by atoms with E-state index in [1.165, 1.54) is 25.7 Å². The average molecular weight is 164 g/mol. The van der Waals surface area contributed by atoms with Gasteiger partial charge in [-0.25, -0.2) is 0 Å². The summed E-state index contributed by atoms with van der Waals surface area (Å²) in [5, 5.41) is 0. The molecule has 0 heterocycles. The molecule has 0 aromatic rings. The highest BCUT2D eigenvalue weighted by Crippen LogP contribution is 2.30. The number of hydrogen-bond donors (Lipinski definition) is 0. The van der Waals surface area contributed by atoms with Crippen molar-refractivity contribution in [2.75, 3.05) is 0 Å². The first kappa shape index (κ1) is 9.65. The maximum atomic E-state index is 3.41. The molecule has 0 spiro atoms. The van der Waals surface area contributed by atoms with Crippen LogP contribution >= 0.6 is 0 Å². The van der Waals surface area contributed by atoms with Crippen molar-refractivity contribution in [3.05, 3.63) is 0 Å². The van der Waals surface area contributed by atoms with Crippen LogP contribution in [0, 0.1) is 23.2 Å². The Morgan fingerprint density at radius 1 is 1.08 bits per heavy atom. The fourth-order valence-electron chi connectivity index (χ4n) is 1.66. The first-order chi connectivity index (χ1) is 5.61. The highest BCUT2D eigenvalue weighted by Gasteiger charge is 2.22. The normalized spacial score (nSPS) is 25.1. The maximum Gasteiger partial charge on any atom is 0.0251 e. The van der Waals surface area contributed by atoms with Crippen molar-refractivity contribution < 1.29 is 0 Å². The van der Waals surface area contributed by atoms with Gasteiger partial charge in [-0.3, -0.25) is 0 Å². The van der Waals surface area contributed by atoms with Crippen LogP contribution < -0.4 is 0 Å². The van der Waals surface area contributed by atoms with E-state index in [-0.39, 0.29) is 0 Å². The van der Waals surface area contributed by atoms with Crippen molar-refractivity contribution in [1.82, 2.24) is 0 Å². The van der Waals surface area contributed by atoms with E-state index in [1.807, 2.05) is 0 Å². The minimum atomic E-state index is 0.379. The highest BCUT2D eigenvalue weighted by molar-refractivity contribution is 5.07. The molecule has 1 aliphatic carbocycles. The van der Waals surface area contributed by atoms with E-state index in [1.54, 1.807) is 0 Å². The quantitative estimate of drug-likeness (QED) is 0.480. The zero-order valence-electron chi connectivity index (χ0n) is 8.61. The molecule has 0 bridgehead atoms. The lowest BCUT2D eigenvalue weighted by Crippen LogP contribution is -2.19. The molecule has 1 aliphatic rings. The molecule has 1 unspecified atom stereocenters. The Hall–Kier alpha value is -0.440. The number of rotatable bonds is 0. The largest absolute Gasteiger partial charge is 0.103 e. The molecule has 0 heteroatoms. The Morgan fingerprint density at radius 2 is 1.83 bits per heavy atom. The Bertz CT molecular complexity index is 184. The lowest BCUT2D eigenvalue weighted by Gasteiger charge is -2.27. The molecule has 0 fully saturated rings. The van der Waals surface area contributed by atoms with Crippen LogP contribution in [0.25, 0.3) is 0 Å². The average Bonchev–Trinajstić information content (AvgIpc) is 1.81. The predicted octanol–water partition coefficient (Wildman–Crippen LogP) is 3.62. The summed E-state index contributed by atoms with van der Waals surface area (Å²) < 4.78 is 0. The monoisotopic (exact) mass is 164 g/mol. The van der Waals surface area contributed by atoms with E-state index in [4.69, 9.17) is 0 Å². The van der Waals surface area contributed by atoms with E-state index in [9.17, 15) is 0 Å². The Labute approximate surface area is 76.7 Å². The summed E-state index contributed by atoms with van der Waals surface area (Å²) in [6.07, 6.45) is 6.48. The maximum absolute atomic E-state index is 3.41. The van der Waals surface area contributed by atoms with E-state index in [0.29, 0.717) is 11.3 Å². The topological polar surface area (TPSA) is 0 Å². The van der Waals surface area contributed by atoms with Crippen LogP contribution in [0.3, 0.4) is 0 Å². The van der Waals surface area contributed by atoms with Crippen LogP contribution in [0.15, 0.2) is 0 Å². The Balaban J connectivity index is 2.61. The van der Waals surface area contributed by atoms with Crippen LogP contribution in [-0.2, 0) is 0 Å². The fourth-order valence-corrected chi connectivity index (χ4v) is 1.66. The van der Waals surface area contributed by atoms with Crippen molar-refractivity contribution in [3.8, 4) is 11.8 Å². The van der Waals surface area contributed by atoms with Gasteiger partial charge in [-0.15, -0.1) is 5.92 Å². The first-order valence-electron chi connectivity index (χ1n) is 5.09. The third kappa shape index (κ3) is 2.89. The van der Waals surface area contributed by atoms with Crippen LogP contribution in [0.5, 0.6) is 0 Å². The molecule has 12 heavy (non-hydrogen) atoms. The smallest absolute Gasteiger partial charge is 0.0251 e. The molecule has 0 nitrogen and oxygen atoms in total. The zero-order chi connectivity index (χ0) is 9.03. The second-order valence-electron chi connectivity index (χ2n) is 4.84. The lowest BCUT2D eigenvalue weighted by molar-refractivity contribution is 0.279. The highest BCUT2D eigenvalue weighted by atomic mass is 14.3. The minimum Gasteiger partial charge on any atom is -0.103 e. The van der Waals surface area contributed by atoms with Gasteiger partial charge in [0, 0.05) is 12.3 Å². The molecule has 0 aromatic heterocycles. The minimum absolute atomic E-state index is 0.379. The summed E-state index contributed by atoms with van der Waals surface area (Å²) in [5.41, 5.74) is 0.379. The molecular formula is C12H20. The van der Waals surface area contributed by atoms with E-state index >= 15 is 0 Å². The van der Waals surface area contributed by atoms with Gasteiger partial charge in [0.25, 0.3) is 0 Å². The molecule has 0 aliphatic heterocycles. The molecule has 0 aromatic carbocycles. The molecular weight excluding hydrogens is 144 g/mol. The van der Waals surface area contributed by atoms with Crippen molar-refractivity contribution in [1.29, 1.82) is 0 Å². The summed E-state index contributed by atoms with van der Waals surface area (Å²) in [6.45, 7) is 6.90. The molecule has 0 radical (unpaired) electrons. The van der Waals surface area contributed by atoms with Crippen molar-refractivity contribution in [3.63, 3.8) is 0 Å². The summed E-state index contributed by atoms with van der Waals surface area (Å²) >= 11 is 0. The predicted molar refractivity (Wildman–Crippen MR) is 53.8 cm³/mol. The summed E-state index contributed by atoms with van der Waals surface area (Å²) in [6, 6.07) is 0. The fraction of sp³-hybridized carbons (Fsp3) is 0.833. The summed E-state index contributed by atoms with van der Waals surface area (Å²) in [5.74, 6) is 7.33. The van der Waals surface area contributed by atoms with Gasteiger partial charge in [-0.1, -0.05) is 39.5 Å². The standard InChI is InChI=1S/C12H20/c1-12(2,3)11-9-7-5-4-6-8-10-11/h11H,4-7,9H2,1-3H3. The van der Waals surface area contributed by atoms with Gasteiger partial charge in [-0.2, -0.15) is 0 Å². The molecule has 68 valence electrons. The summed E-state index contributed by atoms with van der Waals surface area (Å²) in [4.78, 5) is 0.